The van der Waals surface area contributed by atoms with Crippen molar-refractivity contribution in [1.82, 2.24) is 0 Å². The zero-order valence-corrected chi connectivity index (χ0v) is 8.27. The number of rotatable bonds is 3. The minimum absolute atomic E-state index is 0.583. The predicted octanol–water partition coefficient (Wildman–Crippen LogP) is 1.93. The Morgan fingerprint density at radius 3 is 2.14 bits per heavy atom. The highest BCUT2D eigenvalue weighted by atomic mass is 16.4. The molecule has 2 atom stereocenters. The van der Waals surface area contributed by atoms with Gasteiger partial charge < -0.3 is 10.2 Å². The lowest BCUT2D eigenvalue weighted by atomic mass is 9.93. The van der Waals surface area contributed by atoms with Crippen LogP contribution in [-0.4, -0.2) is 16.2 Å². The Morgan fingerprint density at radius 2 is 1.71 bits per heavy atom. The molecule has 0 radical (unpaired) electrons. The molecular formula is C11H14O3. The number of hydrogen-bond donors (Lipinski definition) is 2. The van der Waals surface area contributed by atoms with Gasteiger partial charge in [-0.25, -0.2) is 0 Å². The first kappa shape index (κ1) is 10.7. The van der Waals surface area contributed by atoms with Gasteiger partial charge in [-0.05, 0) is 25.0 Å². The second-order valence-electron chi connectivity index (χ2n) is 3.36. The Morgan fingerprint density at radius 1 is 1.21 bits per heavy atom. The summed E-state index contributed by atoms with van der Waals surface area (Å²) in [5, 5.41) is 18.3. The lowest BCUT2D eigenvalue weighted by molar-refractivity contribution is -0.138. The predicted molar refractivity (Wildman–Crippen MR) is 53.1 cm³/mol. The molecular weight excluding hydrogens is 180 g/mol. The second-order valence-corrected chi connectivity index (χ2v) is 3.36. The fourth-order valence-electron chi connectivity index (χ4n) is 1.42. The van der Waals surface area contributed by atoms with E-state index in [4.69, 9.17) is 5.11 Å². The second kappa shape index (κ2) is 4.24. The van der Waals surface area contributed by atoms with Crippen molar-refractivity contribution in [1.29, 1.82) is 0 Å². The van der Waals surface area contributed by atoms with Gasteiger partial charge in [0.1, 0.15) is 0 Å². The molecule has 0 saturated carbocycles. The van der Waals surface area contributed by atoms with Gasteiger partial charge in [0.25, 0.3) is 0 Å². The maximum atomic E-state index is 10.8. The Balaban J connectivity index is 3.13. The molecule has 0 spiro atoms. The minimum atomic E-state index is -0.877. The molecule has 0 saturated heterocycles. The SMILES string of the molecule is CC(O)c1ccccc1C(C)C(=O)O. The number of hydrogen-bond acceptors (Lipinski definition) is 2. The van der Waals surface area contributed by atoms with E-state index in [2.05, 4.69) is 0 Å². The van der Waals surface area contributed by atoms with Crippen LogP contribution in [0.3, 0.4) is 0 Å². The molecule has 0 fully saturated rings. The standard InChI is InChI=1S/C11H14O3/c1-7(11(13)14)9-5-3-4-6-10(9)8(2)12/h3-8,12H,1-2H3,(H,13,14). The lowest BCUT2D eigenvalue weighted by Crippen LogP contribution is -2.11. The topological polar surface area (TPSA) is 57.5 Å². The summed E-state index contributed by atoms with van der Waals surface area (Å²) >= 11 is 0. The molecule has 0 amide bonds. The van der Waals surface area contributed by atoms with E-state index in [-0.39, 0.29) is 0 Å². The van der Waals surface area contributed by atoms with E-state index < -0.39 is 18.0 Å². The van der Waals surface area contributed by atoms with Crippen LogP contribution in [0.1, 0.15) is 37.0 Å². The molecule has 1 aromatic carbocycles. The molecule has 0 aliphatic heterocycles. The third kappa shape index (κ3) is 2.12. The summed E-state index contributed by atoms with van der Waals surface area (Å²) in [5.41, 5.74) is 1.36. The Labute approximate surface area is 83.0 Å². The number of carboxylic acids is 1. The Hall–Kier alpha value is -1.35. The number of aliphatic carboxylic acids is 1. The van der Waals surface area contributed by atoms with Crippen molar-refractivity contribution in [3.63, 3.8) is 0 Å². The normalized spacial score (nSPS) is 14.8. The van der Waals surface area contributed by atoms with Gasteiger partial charge in [-0.2, -0.15) is 0 Å². The van der Waals surface area contributed by atoms with Crippen LogP contribution in [0.25, 0.3) is 0 Å². The summed E-state index contributed by atoms with van der Waals surface area (Å²) in [6.45, 7) is 3.25. The van der Waals surface area contributed by atoms with Crippen molar-refractivity contribution in [2.75, 3.05) is 0 Å². The van der Waals surface area contributed by atoms with Crippen molar-refractivity contribution in [3.05, 3.63) is 35.4 Å². The first-order chi connectivity index (χ1) is 6.54. The van der Waals surface area contributed by atoms with Gasteiger partial charge in [0.05, 0.1) is 12.0 Å². The van der Waals surface area contributed by atoms with Gasteiger partial charge in [0.2, 0.25) is 0 Å². The molecule has 76 valence electrons. The highest BCUT2D eigenvalue weighted by Crippen LogP contribution is 2.24. The van der Waals surface area contributed by atoms with Crippen molar-refractivity contribution >= 4 is 5.97 Å². The van der Waals surface area contributed by atoms with Crippen LogP contribution in [0, 0.1) is 0 Å². The molecule has 0 aliphatic carbocycles. The van der Waals surface area contributed by atoms with Crippen LogP contribution in [0.15, 0.2) is 24.3 Å². The fraction of sp³-hybridized carbons (Fsp3) is 0.364. The summed E-state index contributed by atoms with van der Waals surface area (Å²) in [6.07, 6.45) is -0.631. The first-order valence-electron chi connectivity index (χ1n) is 4.53. The average Bonchev–Trinajstić information content (AvgIpc) is 2.16. The van der Waals surface area contributed by atoms with Crippen molar-refractivity contribution < 1.29 is 15.0 Å². The van der Waals surface area contributed by atoms with E-state index in [1.807, 2.05) is 0 Å². The summed E-state index contributed by atoms with van der Waals surface area (Å²) < 4.78 is 0. The Bertz CT molecular complexity index is 331. The third-order valence-corrected chi connectivity index (χ3v) is 2.28. The van der Waals surface area contributed by atoms with Gasteiger partial charge in [0.15, 0.2) is 0 Å². The van der Waals surface area contributed by atoms with Crippen molar-refractivity contribution in [2.45, 2.75) is 25.9 Å². The zero-order chi connectivity index (χ0) is 10.7. The van der Waals surface area contributed by atoms with Crippen LogP contribution in [0.4, 0.5) is 0 Å². The summed E-state index contributed by atoms with van der Waals surface area (Å²) in [7, 11) is 0. The molecule has 3 nitrogen and oxygen atoms in total. The maximum Gasteiger partial charge on any atom is 0.310 e. The van der Waals surface area contributed by atoms with Crippen LogP contribution in [-0.2, 0) is 4.79 Å². The smallest absolute Gasteiger partial charge is 0.310 e. The fourth-order valence-corrected chi connectivity index (χ4v) is 1.42. The van der Waals surface area contributed by atoms with Crippen LogP contribution >= 0.6 is 0 Å². The molecule has 0 aliphatic rings. The van der Waals surface area contributed by atoms with E-state index in [1.165, 1.54) is 0 Å². The molecule has 3 heteroatoms. The van der Waals surface area contributed by atoms with Gasteiger partial charge in [0, 0.05) is 0 Å². The maximum absolute atomic E-state index is 10.8. The molecule has 2 N–H and O–H groups in total. The first-order valence-corrected chi connectivity index (χ1v) is 4.53. The van der Waals surface area contributed by atoms with Crippen LogP contribution < -0.4 is 0 Å². The summed E-state index contributed by atoms with van der Waals surface area (Å²) in [4.78, 5) is 10.8. The number of benzene rings is 1. The van der Waals surface area contributed by atoms with E-state index in [0.29, 0.717) is 11.1 Å². The monoisotopic (exact) mass is 194 g/mol. The largest absolute Gasteiger partial charge is 0.481 e. The minimum Gasteiger partial charge on any atom is -0.481 e. The molecule has 1 aromatic rings. The molecule has 0 heterocycles. The van der Waals surface area contributed by atoms with Gasteiger partial charge in [-0.1, -0.05) is 24.3 Å². The van der Waals surface area contributed by atoms with E-state index >= 15 is 0 Å². The van der Waals surface area contributed by atoms with E-state index in [9.17, 15) is 9.90 Å². The summed E-state index contributed by atoms with van der Waals surface area (Å²) in [5.74, 6) is -1.46. The van der Waals surface area contributed by atoms with Gasteiger partial charge >= 0.3 is 5.97 Å². The lowest BCUT2D eigenvalue weighted by Gasteiger charge is -2.14. The van der Waals surface area contributed by atoms with Crippen molar-refractivity contribution in [3.8, 4) is 0 Å². The molecule has 1 rings (SSSR count). The van der Waals surface area contributed by atoms with Crippen LogP contribution in [0.2, 0.25) is 0 Å². The van der Waals surface area contributed by atoms with Crippen molar-refractivity contribution in [2.24, 2.45) is 0 Å². The molecule has 2 unspecified atom stereocenters. The average molecular weight is 194 g/mol. The number of aliphatic hydroxyl groups is 1. The van der Waals surface area contributed by atoms with Gasteiger partial charge in [-0.15, -0.1) is 0 Å². The molecule has 0 aromatic heterocycles. The highest BCUT2D eigenvalue weighted by molar-refractivity contribution is 5.76. The zero-order valence-electron chi connectivity index (χ0n) is 8.27. The molecule has 0 bridgehead atoms. The van der Waals surface area contributed by atoms with E-state index in [1.54, 1.807) is 38.1 Å². The number of carboxylic acid groups (broad SMARTS) is 1. The Kier molecular flexibility index (Phi) is 3.25. The third-order valence-electron chi connectivity index (χ3n) is 2.28. The summed E-state index contributed by atoms with van der Waals surface area (Å²) in [6, 6.07) is 7.06. The molecule has 14 heavy (non-hydrogen) atoms. The quantitative estimate of drug-likeness (QED) is 0.773. The number of aliphatic hydroxyl groups excluding tert-OH is 1. The van der Waals surface area contributed by atoms with Gasteiger partial charge in [-0.3, -0.25) is 4.79 Å². The van der Waals surface area contributed by atoms with Crippen LogP contribution in [0.5, 0.6) is 0 Å². The number of carbonyl (C=O) groups is 1. The van der Waals surface area contributed by atoms with E-state index in [0.717, 1.165) is 0 Å². The highest BCUT2D eigenvalue weighted by Gasteiger charge is 2.18.